The quantitative estimate of drug-likeness (QED) is 0.768. The van der Waals surface area contributed by atoms with Crippen LogP contribution in [0, 0.1) is 5.92 Å². The number of pyridine rings is 1. The highest BCUT2D eigenvalue weighted by Crippen LogP contribution is 2.29. The van der Waals surface area contributed by atoms with E-state index in [9.17, 15) is 4.79 Å². The average molecular weight is 245 g/mol. The Morgan fingerprint density at radius 3 is 3.17 bits per heavy atom. The van der Waals surface area contributed by atoms with E-state index in [1.807, 2.05) is 16.7 Å². The highest BCUT2D eigenvalue weighted by molar-refractivity contribution is 5.15. The third-order valence-corrected chi connectivity index (χ3v) is 4.37. The summed E-state index contributed by atoms with van der Waals surface area (Å²) in [5, 5.41) is 0. The summed E-state index contributed by atoms with van der Waals surface area (Å²) in [6.07, 6.45) is 4.37. The molecule has 0 spiro atoms. The molecule has 3 heteroatoms. The van der Waals surface area contributed by atoms with E-state index in [4.69, 9.17) is 0 Å². The molecule has 0 aromatic carbocycles. The molecule has 0 amide bonds. The summed E-state index contributed by atoms with van der Waals surface area (Å²) in [4.78, 5) is 13.6. The fourth-order valence-corrected chi connectivity index (χ4v) is 3.63. The fourth-order valence-electron chi connectivity index (χ4n) is 3.63. The van der Waals surface area contributed by atoms with Crippen LogP contribution in [0.25, 0.3) is 0 Å². The Labute approximate surface area is 108 Å². The van der Waals surface area contributed by atoms with Crippen molar-refractivity contribution in [3.63, 3.8) is 0 Å². The van der Waals surface area contributed by atoms with E-state index < -0.39 is 0 Å². The van der Waals surface area contributed by atoms with Crippen molar-refractivity contribution in [3.8, 4) is 0 Å². The second-order valence-electron chi connectivity index (χ2n) is 5.68. The molecule has 2 aliphatic rings. The molecule has 96 valence electrons. The molecule has 1 aromatic rings. The molecule has 3 atom stereocenters. The van der Waals surface area contributed by atoms with Gasteiger partial charge in [0.05, 0.1) is 19.6 Å². The van der Waals surface area contributed by atoms with Gasteiger partial charge in [-0.15, -0.1) is 6.58 Å². The first-order valence-corrected chi connectivity index (χ1v) is 6.92. The number of likely N-dealkylation sites (tertiary alicyclic amines) is 1. The van der Waals surface area contributed by atoms with E-state index in [-0.39, 0.29) is 5.56 Å². The molecule has 3 nitrogen and oxygen atoms in total. The molecule has 0 aliphatic carbocycles. The summed E-state index contributed by atoms with van der Waals surface area (Å²) in [5.41, 5.74) is 1.44. The van der Waals surface area contributed by atoms with Crippen molar-refractivity contribution < 1.29 is 4.90 Å². The van der Waals surface area contributed by atoms with Crippen LogP contribution in [-0.4, -0.2) is 24.2 Å². The number of nitrogens with one attached hydrogen (secondary N) is 1. The lowest BCUT2D eigenvalue weighted by Gasteiger charge is -2.40. The molecule has 1 aromatic heterocycles. The second-order valence-corrected chi connectivity index (χ2v) is 5.68. The van der Waals surface area contributed by atoms with Crippen LogP contribution in [0.4, 0.5) is 0 Å². The van der Waals surface area contributed by atoms with Gasteiger partial charge in [0.2, 0.25) is 0 Å². The Hall–Kier alpha value is -1.35. The lowest BCUT2D eigenvalue weighted by atomic mass is 9.83. The molecule has 1 fully saturated rings. The average Bonchev–Trinajstić information content (AvgIpc) is 2.38. The van der Waals surface area contributed by atoms with Crippen LogP contribution < -0.4 is 10.5 Å². The minimum absolute atomic E-state index is 0.178. The largest absolute Gasteiger partial charge is 0.334 e. The van der Waals surface area contributed by atoms with Crippen molar-refractivity contribution in [2.24, 2.45) is 5.92 Å². The van der Waals surface area contributed by atoms with Crippen molar-refractivity contribution >= 4 is 0 Å². The highest BCUT2D eigenvalue weighted by Gasteiger charge is 2.36. The minimum Gasteiger partial charge on any atom is -0.334 e. The van der Waals surface area contributed by atoms with E-state index in [2.05, 4.69) is 12.6 Å². The van der Waals surface area contributed by atoms with Crippen LogP contribution in [-0.2, 0) is 6.54 Å². The smallest absolute Gasteiger partial charge is 0.250 e. The zero-order chi connectivity index (χ0) is 12.5. The van der Waals surface area contributed by atoms with Crippen LogP contribution in [0.5, 0.6) is 0 Å². The zero-order valence-corrected chi connectivity index (χ0v) is 10.8. The van der Waals surface area contributed by atoms with Crippen molar-refractivity contribution in [3.05, 3.63) is 46.9 Å². The maximum absolute atomic E-state index is 11.9. The number of nitrogens with zero attached hydrogens (tertiary/aromatic N) is 1. The molecule has 18 heavy (non-hydrogen) atoms. The van der Waals surface area contributed by atoms with E-state index in [0.717, 1.165) is 13.0 Å². The molecule has 3 heterocycles. The molecule has 0 saturated carbocycles. The number of rotatable bonds is 3. The van der Waals surface area contributed by atoms with Gasteiger partial charge >= 0.3 is 0 Å². The second kappa shape index (κ2) is 4.73. The monoisotopic (exact) mass is 245 g/mol. The summed E-state index contributed by atoms with van der Waals surface area (Å²) in [7, 11) is 0. The molecule has 1 unspecified atom stereocenters. The lowest BCUT2D eigenvalue weighted by molar-refractivity contribution is -0.910. The van der Waals surface area contributed by atoms with Gasteiger partial charge in [0.15, 0.2) is 0 Å². The third-order valence-electron chi connectivity index (χ3n) is 4.37. The van der Waals surface area contributed by atoms with Crippen LogP contribution in [0.2, 0.25) is 0 Å². The van der Waals surface area contributed by atoms with Crippen molar-refractivity contribution in [2.45, 2.75) is 25.3 Å². The Kier molecular flexibility index (Phi) is 3.08. The summed E-state index contributed by atoms with van der Waals surface area (Å²) in [5.74, 6) is 1.25. The summed E-state index contributed by atoms with van der Waals surface area (Å²) in [6.45, 7) is 8.30. The van der Waals surface area contributed by atoms with Gasteiger partial charge in [-0.1, -0.05) is 12.1 Å². The fraction of sp³-hybridized carbons (Fsp3) is 0.533. The van der Waals surface area contributed by atoms with E-state index in [1.54, 1.807) is 11.0 Å². The lowest BCUT2D eigenvalue weighted by Crippen LogP contribution is -3.14. The summed E-state index contributed by atoms with van der Waals surface area (Å²) >= 11 is 0. The van der Waals surface area contributed by atoms with Crippen molar-refractivity contribution in [1.29, 1.82) is 0 Å². The third kappa shape index (κ3) is 2.03. The van der Waals surface area contributed by atoms with Gasteiger partial charge in [0, 0.05) is 36.6 Å². The van der Waals surface area contributed by atoms with E-state index in [1.165, 1.54) is 31.7 Å². The maximum atomic E-state index is 11.9. The van der Waals surface area contributed by atoms with E-state index >= 15 is 0 Å². The van der Waals surface area contributed by atoms with Crippen molar-refractivity contribution in [1.82, 2.24) is 4.57 Å². The summed E-state index contributed by atoms with van der Waals surface area (Å²) in [6, 6.07) is 5.73. The molecule has 1 N–H and O–H groups in total. The van der Waals surface area contributed by atoms with Crippen LogP contribution in [0.3, 0.4) is 0 Å². The van der Waals surface area contributed by atoms with Gasteiger partial charge in [-0.2, -0.15) is 0 Å². The van der Waals surface area contributed by atoms with E-state index in [0.29, 0.717) is 11.8 Å². The predicted octanol–water partition coefficient (Wildman–Crippen LogP) is 0.426. The Morgan fingerprint density at radius 1 is 1.44 bits per heavy atom. The first-order chi connectivity index (χ1) is 8.78. The van der Waals surface area contributed by atoms with Gasteiger partial charge in [-0.25, -0.2) is 0 Å². The van der Waals surface area contributed by atoms with Gasteiger partial charge in [0.1, 0.15) is 0 Å². The number of aromatic nitrogens is 1. The molecule has 1 saturated heterocycles. The minimum atomic E-state index is 0.178. The summed E-state index contributed by atoms with van der Waals surface area (Å²) < 4.78 is 2.00. The predicted molar refractivity (Wildman–Crippen MR) is 71.9 cm³/mol. The molecular weight excluding hydrogens is 224 g/mol. The standard InChI is InChI=1S/C15H20N2O/c1-2-3-7-16-9-12-8-13(11-16)14-5-4-6-15(18)17(14)10-12/h2,4-6,12-13H,1,3,7-11H2/p+1/t12-,13+/m1/s1. The molecular formula is C15H21N2O+. The van der Waals surface area contributed by atoms with Crippen LogP contribution in [0.15, 0.2) is 35.6 Å². The SMILES string of the molecule is C=CCC[NH+]1C[C@H]2C[C@@H](C1)c1cccc(=O)n1C2. The van der Waals surface area contributed by atoms with Gasteiger partial charge in [-0.05, 0) is 12.5 Å². The first-order valence-electron chi connectivity index (χ1n) is 6.92. The number of hydrogen-bond acceptors (Lipinski definition) is 1. The van der Waals surface area contributed by atoms with Crippen LogP contribution >= 0.6 is 0 Å². The van der Waals surface area contributed by atoms with Gasteiger partial charge < -0.3 is 9.47 Å². The topological polar surface area (TPSA) is 26.4 Å². The number of piperidine rings is 1. The number of hydrogen-bond donors (Lipinski definition) is 1. The molecule has 0 radical (unpaired) electrons. The van der Waals surface area contributed by atoms with Gasteiger partial charge in [-0.3, -0.25) is 4.79 Å². The zero-order valence-electron chi connectivity index (χ0n) is 10.8. The number of fused-ring (bicyclic) bond motifs is 4. The van der Waals surface area contributed by atoms with Crippen LogP contribution in [0.1, 0.15) is 24.5 Å². The Bertz CT molecular complexity index is 505. The highest BCUT2D eigenvalue weighted by atomic mass is 16.1. The Morgan fingerprint density at radius 2 is 2.33 bits per heavy atom. The normalized spacial score (nSPS) is 29.7. The maximum Gasteiger partial charge on any atom is 0.250 e. The Balaban J connectivity index is 1.85. The molecule has 3 rings (SSSR count). The number of quaternary nitrogens is 1. The first kappa shape index (κ1) is 11.7. The molecule has 2 bridgehead atoms. The molecule has 2 aliphatic heterocycles. The van der Waals surface area contributed by atoms with Crippen molar-refractivity contribution in [2.75, 3.05) is 19.6 Å². The van der Waals surface area contributed by atoms with Gasteiger partial charge in [0.25, 0.3) is 5.56 Å².